The summed E-state index contributed by atoms with van der Waals surface area (Å²) in [7, 11) is 1.40. The highest BCUT2D eigenvalue weighted by molar-refractivity contribution is 7.13. The molecule has 0 aliphatic rings. The van der Waals surface area contributed by atoms with Crippen LogP contribution in [0.3, 0.4) is 0 Å². The predicted molar refractivity (Wildman–Crippen MR) is 70.1 cm³/mol. The highest BCUT2D eigenvalue weighted by Crippen LogP contribution is 2.22. The molecule has 0 atom stereocenters. The first kappa shape index (κ1) is 12.1. The summed E-state index contributed by atoms with van der Waals surface area (Å²) in [5.41, 5.74) is 1.96. The molecule has 90 valence electrons. The number of aromatic nitrogens is 1. The average Bonchev–Trinajstić information content (AvgIpc) is 2.98. The number of thiazole rings is 1. The number of hydrogen-bond donors (Lipinski definition) is 1. The van der Waals surface area contributed by atoms with E-state index in [1.165, 1.54) is 18.4 Å². The zero-order valence-corrected chi connectivity index (χ0v) is 10.9. The maximum atomic E-state index is 11.0. The van der Waals surface area contributed by atoms with Crippen LogP contribution in [0.1, 0.15) is 12.1 Å². The molecule has 0 bridgehead atoms. The second kappa shape index (κ2) is 5.79. The Hall–Kier alpha value is -1.40. The normalized spacial score (nSPS) is 10.2. The van der Waals surface area contributed by atoms with E-state index in [1.807, 2.05) is 22.2 Å². The summed E-state index contributed by atoms with van der Waals surface area (Å²) < 4.78 is 4.59. The quantitative estimate of drug-likeness (QED) is 0.847. The Morgan fingerprint density at radius 1 is 1.53 bits per heavy atom. The molecule has 6 heteroatoms. The van der Waals surface area contributed by atoms with E-state index in [0.717, 1.165) is 16.5 Å². The van der Waals surface area contributed by atoms with Gasteiger partial charge in [0.15, 0.2) is 5.13 Å². The summed E-state index contributed by atoms with van der Waals surface area (Å²) in [6.45, 7) is 0. The Labute approximate surface area is 107 Å². The second-order valence-corrected chi connectivity index (χ2v) is 5.00. The summed E-state index contributed by atoms with van der Waals surface area (Å²) in [6.07, 6.45) is 0.993. The molecule has 0 saturated heterocycles. The van der Waals surface area contributed by atoms with Crippen molar-refractivity contribution in [3.8, 4) is 0 Å². The molecule has 0 spiro atoms. The number of anilines is 2. The third-order valence-corrected chi connectivity index (χ3v) is 3.63. The molecule has 0 aromatic carbocycles. The van der Waals surface area contributed by atoms with Crippen molar-refractivity contribution in [2.24, 2.45) is 0 Å². The first-order valence-corrected chi connectivity index (χ1v) is 6.90. The second-order valence-electron chi connectivity index (χ2n) is 3.36. The van der Waals surface area contributed by atoms with Gasteiger partial charge in [0, 0.05) is 17.2 Å². The van der Waals surface area contributed by atoms with Crippen LogP contribution in [0.25, 0.3) is 0 Å². The lowest BCUT2D eigenvalue weighted by Crippen LogP contribution is -2.02. The summed E-state index contributed by atoms with van der Waals surface area (Å²) >= 11 is 3.17. The number of thiophene rings is 1. The van der Waals surface area contributed by atoms with E-state index >= 15 is 0 Å². The molecule has 2 aromatic heterocycles. The molecular weight excluding hydrogens is 256 g/mol. The van der Waals surface area contributed by atoms with Crippen LogP contribution in [0.2, 0.25) is 0 Å². The first-order valence-electron chi connectivity index (χ1n) is 5.08. The van der Waals surface area contributed by atoms with Crippen molar-refractivity contribution in [2.45, 2.75) is 12.8 Å². The fourth-order valence-electron chi connectivity index (χ4n) is 1.27. The van der Waals surface area contributed by atoms with Gasteiger partial charge in [0.25, 0.3) is 0 Å². The average molecular weight is 268 g/mol. The van der Waals surface area contributed by atoms with Gasteiger partial charge in [0.1, 0.15) is 0 Å². The van der Waals surface area contributed by atoms with E-state index in [1.54, 1.807) is 11.3 Å². The Morgan fingerprint density at radius 2 is 2.41 bits per heavy atom. The van der Waals surface area contributed by atoms with E-state index in [2.05, 4.69) is 15.0 Å². The first-order chi connectivity index (χ1) is 8.28. The largest absolute Gasteiger partial charge is 0.469 e. The van der Waals surface area contributed by atoms with Gasteiger partial charge in [-0.1, -0.05) is 0 Å². The lowest BCUT2D eigenvalue weighted by Gasteiger charge is -1.97. The van der Waals surface area contributed by atoms with Gasteiger partial charge in [0.05, 0.1) is 24.9 Å². The van der Waals surface area contributed by atoms with Crippen molar-refractivity contribution in [1.29, 1.82) is 0 Å². The van der Waals surface area contributed by atoms with E-state index < -0.39 is 0 Å². The Balaban J connectivity index is 1.90. The van der Waals surface area contributed by atoms with E-state index in [-0.39, 0.29) is 5.97 Å². The number of carbonyl (C=O) groups is 1. The van der Waals surface area contributed by atoms with Crippen LogP contribution < -0.4 is 5.32 Å². The van der Waals surface area contributed by atoms with E-state index in [0.29, 0.717) is 12.8 Å². The number of methoxy groups -OCH3 is 1. The van der Waals surface area contributed by atoms with Crippen molar-refractivity contribution < 1.29 is 9.53 Å². The Kier molecular flexibility index (Phi) is 4.11. The highest BCUT2D eigenvalue weighted by Gasteiger charge is 2.06. The molecule has 1 N–H and O–H groups in total. The molecule has 2 aromatic rings. The van der Waals surface area contributed by atoms with Crippen LogP contribution in [0, 0.1) is 0 Å². The maximum Gasteiger partial charge on any atom is 0.305 e. The van der Waals surface area contributed by atoms with Crippen LogP contribution >= 0.6 is 22.7 Å². The van der Waals surface area contributed by atoms with Gasteiger partial charge >= 0.3 is 5.97 Å². The zero-order valence-electron chi connectivity index (χ0n) is 9.30. The monoisotopic (exact) mass is 268 g/mol. The third-order valence-electron chi connectivity index (χ3n) is 2.14. The minimum Gasteiger partial charge on any atom is -0.469 e. The summed E-state index contributed by atoms with van der Waals surface area (Å²) in [6, 6.07) is 2.00. The molecule has 0 aliphatic carbocycles. The zero-order chi connectivity index (χ0) is 12.1. The van der Waals surface area contributed by atoms with E-state index in [4.69, 9.17) is 0 Å². The van der Waals surface area contributed by atoms with Crippen LogP contribution in [0.4, 0.5) is 10.8 Å². The third kappa shape index (κ3) is 3.54. The lowest BCUT2D eigenvalue weighted by atomic mass is 10.2. The van der Waals surface area contributed by atoms with Crippen molar-refractivity contribution in [3.05, 3.63) is 27.9 Å². The fraction of sp³-hybridized carbons (Fsp3) is 0.273. The van der Waals surface area contributed by atoms with Gasteiger partial charge in [0.2, 0.25) is 0 Å². The van der Waals surface area contributed by atoms with Gasteiger partial charge in [-0.15, -0.1) is 11.3 Å². The van der Waals surface area contributed by atoms with E-state index in [9.17, 15) is 4.79 Å². The predicted octanol–water partition coefficient (Wildman–Crippen LogP) is 3.05. The number of nitrogens with one attached hydrogen (secondary N) is 1. The summed E-state index contributed by atoms with van der Waals surface area (Å²) in [4.78, 5) is 15.4. The topological polar surface area (TPSA) is 51.2 Å². The smallest absolute Gasteiger partial charge is 0.305 e. The number of esters is 1. The van der Waals surface area contributed by atoms with Gasteiger partial charge in [-0.2, -0.15) is 11.3 Å². The van der Waals surface area contributed by atoms with Crippen LogP contribution in [-0.4, -0.2) is 18.1 Å². The number of carbonyl (C=O) groups excluding carboxylic acids is 1. The Morgan fingerprint density at radius 3 is 3.12 bits per heavy atom. The van der Waals surface area contributed by atoms with Crippen molar-refractivity contribution >= 4 is 39.5 Å². The summed E-state index contributed by atoms with van der Waals surface area (Å²) in [5, 5.41) is 10.0. The SMILES string of the molecule is COC(=O)CCc1csc(Nc2ccsc2)n1. The lowest BCUT2D eigenvalue weighted by molar-refractivity contribution is -0.140. The summed E-state index contributed by atoms with van der Waals surface area (Å²) in [5.74, 6) is -0.203. The molecule has 0 saturated carbocycles. The number of aryl methyl sites for hydroxylation is 1. The van der Waals surface area contributed by atoms with Crippen LogP contribution in [-0.2, 0) is 16.0 Å². The van der Waals surface area contributed by atoms with Gasteiger partial charge < -0.3 is 10.1 Å². The molecular formula is C11H12N2O2S2. The molecule has 0 radical (unpaired) electrons. The molecule has 2 heterocycles. The molecule has 0 fully saturated rings. The Bertz CT molecular complexity index is 479. The number of hydrogen-bond acceptors (Lipinski definition) is 6. The van der Waals surface area contributed by atoms with Crippen molar-refractivity contribution in [1.82, 2.24) is 4.98 Å². The van der Waals surface area contributed by atoms with Crippen LogP contribution in [0.5, 0.6) is 0 Å². The molecule has 17 heavy (non-hydrogen) atoms. The fourth-order valence-corrected chi connectivity index (χ4v) is 2.62. The van der Waals surface area contributed by atoms with Gasteiger partial charge in [-0.3, -0.25) is 4.79 Å². The molecule has 2 rings (SSSR count). The van der Waals surface area contributed by atoms with Gasteiger partial charge in [-0.25, -0.2) is 4.98 Å². The maximum absolute atomic E-state index is 11.0. The number of nitrogens with zero attached hydrogens (tertiary/aromatic N) is 1. The molecule has 0 unspecified atom stereocenters. The minimum absolute atomic E-state index is 0.203. The minimum atomic E-state index is -0.203. The van der Waals surface area contributed by atoms with Crippen LogP contribution in [0.15, 0.2) is 22.2 Å². The van der Waals surface area contributed by atoms with Crippen molar-refractivity contribution in [2.75, 3.05) is 12.4 Å². The van der Waals surface area contributed by atoms with Gasteiger partial charge in [-0.05, 0) is 11.4 Å². The highest BCUT2D eigenvalue weighted by atomic mass is 32.1. The molecule has 0 aliphatic heterocycles. The number of rotatable bonds is 5. The standard InChI is InChI=1S/C11H12N2O2S2/c1-15-10(14)3-2-8-7-17-11(12-8)13-9-4-5-16-6-9/h4-7H,2-3H2,1H3,(H,12,13). The van der Waals surface area contributed by atoms with Crippen molar-refractivity contribution in [3.63, 3.8) is 0 Å². The number of ether oxygens (including phenoxy) is 1. The molecule has 0 amide bonds. The molecule has 4 nitrogen and oxygen atoms in total.